The Morgan fingerprint density at radius 2 is 1.78 bits per heavy atom. The quantitative estimate of drug-likeness (QED) is 0.757. The van der Waals surface area contributed by atoms with Crippen molar-refractivity contribution in [2.75, 3.05) is 6.61 Å². The minimum Gasteiger partial charge on any atom is -0.390 e. The van der Waals surface area contributed by atoms with Crippen LogP contribution >= 0.6 is 12.4 Å². The van der Waals surface area contributed by atoms with Crippen molar-refractivity contribution in [1.82, 2.24) is 4.57 Å². The first-order chi connectivity index (χ1) is 10.5. The van der Waals surface area contributed by atoms with Crippen molar-refractivity contribution in [3.05, 3.63) is 48.0 Å². The Morgan fingerprint density at radius 3 is 2.43 bits per heavy atom. The van der Waals surface area contributed by atoms with Crippen LogP contribution in [0.5, 0.6) is 0 Å². The van der Waals surface area contributed by atoms with Gasteiger partial charge in [0.1, 0.15) is 6.61 Å². The maximum absolute atomic E-state index is 13.6. The van der Waals surface area contributed by atoms with Crippen molar-refractivity contribution in [3.63, 3.8) is 0 Å². The first-order valence-electron chi connectivity index (χ1n) is 7.24. The molecule has 2 aromatic carbocycles. The van der Waals surface area contributed by atoms with E-state index < -0.39 is 18.6 Å². The smallest absolute Gasteiger partial charge is 0.289 e. The zero-order chi connectivity index (χ0) is 15.9. The minimum atomic E-state index is -3.34. The van der Waals surface area contributed by atoms with Crippen LogP contribution in [0.4, 0.5) is 8.78 Å². The molecule has 0 aliphatic heterocycles. The lowest BCUT2D eigenvalue weighted by Gasteiger charge is -2.21. The fourth-order valence-electron chi connectivity index (χ4n) is 2.95. The number of halogens is 3. The van der Waals surface area contributed by atoms with Gasteiger partial charge in [0.15, 0.2) is 0 Å². The number of aliphatic hydroxyl groups is 1. The summed E-state index contributed by atoms with van der Waals surface area (Å²) in [6, 6.07) is 11.5. The number of fused-ring (bicyclic) bond motifs is 3. The van der Waals surface area contributed by atoms with Gasteiger partial charge in [-0.25, -0.2) is 8.78 Å². The molecule has 3 nitrogen and oxygen atoms in total. The summed E-state index contributed by atoms with van der Waals surface area (Å²) in [7, 11) is 0. The predicted octanol–water partition coefficient (Wildman–Crippen LogP) is 3.86. The van der Waals surface area contributed by atoms with Crippen LogP contribution in [-0.2, 0) is 6.54 Å². The van der Waals surface area contributed by atoms with Crippen LogP contribution in [0.25, 0.3) is 21.8 Å². The molecule has 0 spiro atoms. The summed E-state index contributed by atoms with van der Waals surface area (Å²) >= 11 is 0. The standard InChI is InChI=1S/C17H18F2N2O.ClH/c1-2-21-14-6-4-3-5-12(14)13-9-11(7-8-15(13)21)16(20)17(18,19)10-22;/h3-9,16,22H,2,10,20H2,1H3;1H/t16-;/m0./s1. The molecule has 3 aromatic rings. The summed E-state index contributed by atoms with van der Waals surface area (Å²) in [5, 5.41) is 10.7. The fourth-order valence-corrected chi connectivity index (χ4v) is 2.95. The molecule has 6 heteroatoms. The molecule has 3 N–H and O–H groups in total. The number of para-hydroxylation sites is 1. The third-order valence-corrected chi connectivity index (χ3v) is 4.14. The van der Waals surface area contributed by atoms with Gasteiger partial charge in [-0.1, -0.05) is 24.3 Å². The first kappa shape index (κ1) is 17.7. The van der Waals surface area contributed by atoms with E-state index in [4.69, 9.17) is 10.8 Å². The van der Waals surface area contributed by atoms with Crippen molar-refractivity contribution >= 4 is 34.2 Å². The van der Waals surface area contributed by atoms with Crippen LogP contribution in [-0.4, -0.2) is 22.2 Å². The normalized spacial score (nSPS) is 13.3. The number of rotatable bonds is 4. The van der Waals surface area contributed by atoms with Crippen molar-refractivity contribution in [3.8, 4) is 0 Å². The maximum atomic E-state index is 13.6. The molecule has 0 unspecified atom stereocenters. The monoisotopic (exact) mass is 340 g/mol. The largest absolute Gasteiger partial charge is 0.390 e. The van der Waals surface area contributed by atoms with Crippen LogP contribution in [0.15, 0.2) is 42.5 Å². The third-order valence-electron chi connectivity index (χ3n) is 4.14. The van der Waals surface area contributed by atoms with Crippen LogP contribution in [0.3, 0.4) is 0 Å². The molecule has 1 heterocycles. The molecule has 1 atom stereocenters. The summed E-state index contributed by atoms with van der Waals surface area (Å²) in [6.45, 7) is 1.58. The number of hydrogen-bond acceptors (Lipinski definition) is 2. The summed E-state index contributed by atoms with van der Waals surface area (Å²) in [5.41, 5.74) is 8.03. The zero-order valence-electron chi connectivity index (χ0n) is 12.7. The van der Waals surface area contributed by atoms with Gasteiger partial charge in [0.2, 0.25) is 0 Å². The van der Waals surface area contributed by atoms with Gasteiger partial charge in [-0.2, -0.15) is 0 Å². The molecular formula is C17H19ClF2N2O. The number of alkyl halides is 2. The average molecular weight is 341 g/mol. The molecule has 0 fully saturated rings. The van der Waals surface area contributed by atoms with Crippen LogP contribution < -0.4 is 5.73 Å². The van der Waals surface area contributed by atoms with Gasteiger partial charge in [0, 0.05) is 28.4 Å². The van der Waals surface area contributed by atoms with E-state index in [1.807, 2.05) is 37.3 Å². The first-order valence-corrected chi connectivity index (χ1v) is 7.24. The Balaban J connectivity index is 0.00000192. The average Bonchev–Trinajstić information content (AvgIpc) is 2.87. The molecular weight excluding hydrogens is 322 g/mol. The molecule has 0 aliphatic rings. The summed E-state index contributed by atoms with van der Waals surface area (Å²) in [6.07, 6.45) is 0. The molecule has 0 amide bonds. The lowest BCUT2D eigenvalue weighted by molar-refractivity contribution is -0.0711. The molecule has 23 heavy (non-hydrogen) atoms. The molecule has 3 rings (SSSR count). The summed E-state index contributed by atoms with van der Waals surface area (Å²) in [5.74, 6) is -3.34. The van der Waals surface area contributed by atoms with E-state index in [2.05, 4.69) is 4.57 Å². The van der Waals surface area contributed by atoms with Gasteiger partial charge in [-0.05, 0) is 30.7 Å². The van der Waals surface area contributed by atoms with E-state index in [-0.39, 0.29) is 12.4 Å². The van der Waals surface area contributed by atoms with Gasteiger partial charge in [0.05, 0.1) is 6.04 Å². The van der Waals surface area contributed by atoms with Crippen LogP contribution in [0.1, 0.15) is 18.5 Å². The van der Waals surface area contributed by atoms with Crippen LogP contribution in [0, 0.1) is 0 Å². The van der Waals surface area contributed by atoms with E-state index in [0.717, 1.165) is 28.4 Å². The van der Waals surface area contributed by atoms with E-state index in [1.54, 1.807) is 12.1 Å². The Bertz CT molecular complexity index is 832. The van der Waals surface area contributed by atoms with Crippen molar-refractivity contribution in [1.29, 1.82) is 0 Å². The number of hydrogen-bond donors (Lipinski definition) is 2. The van der Waals surface area contributed by atoms with E-state index in [9.17, 15) is 8.78 Å². The highest BCUT2D eigenvalue weighted by atomic mass is 35.5. The topological polar surface area (TPSA) is 51.2 Å². The van der Waals surface area contributed by atoms with Gasteiger partial charge in [0.25, 0.3) is 5.92 Å². The van der Waals surface area contributed by atoms with Gasteiger partial charge >= 0.3 is 0 Å². The van der Waals surface area contributed by atoms with Gasteiger partial charge in [-0.15, -0.1) is 12.4 Å². The zero-order valence-corrected chi connectivity index (χ0v) is 13.5. The molecule has 0 bridgehead atoms. The molecule has 0 radical (unpaired) electrons. The van der Waals surface area contributed by atoms with E-state index >= 15 is 0 Å². The number of nitrogens with two attached hydrogens (primary N) is 1. The highest BCUT2D eigenvalue weighted by molar-refractivity contribution is 6.08. The molecule has 124 valence electrons. The molecule has 1 aromatic heterocycles. The second kappa shape index (κ2) is 6.43. The number of aryl methyl sites for hydroxylation is 1. The van der Waals surface area contributed by atoms with Gasteiger partial charge in [-0.3, -0.25) is 0 Å². The lowest BCUT2D eigenvalue weighted by atomic mass is 9.99. The summed E-state index contributed by atoms with van der Waals surface area (Å²) in [4.78, 5) is 0. The second-order valence-electron chi connectivity index (χ2n) is 5.43. The molecule has 0 aliphatic carbocycles. The molecule has 0 saturated carbocycles. The lowest BCUT2D eigenvalue weighted by Crippen LogP contribution is -2.36. The fraction of sp³-hybridized carbons (Fsp3) is 0.294. The molecule has 0 saturated heterocycles. The SMILES string of the molecule is CCn1c2ccccc2c2cc([C@H](N)C(F)(F)CO)ccc21.Cl. The Labute approximate surface area is 139 Å². The Morgan fingerprint density at radius 1 is 1.13 bits per heavy atom. The second-order valence-corrected chi connectivity index (χ2v) is 5.43. The van der Waals surface area contributed by atoms with Gasteiger partial charge < -0.3 is 15.4 Å². The minimum absolute atomic E-state index is 0. The van der Waals surface area contributed by atoms with Crippen LogP contribution in [0.2, 0.25) is 0 Å². The summed E-state index contributed by atoms with van der Waals surface area (Å²) < 4.78 is 29.4. The van der Waals surface area contributed by atoms with Crippen molar-refractivity contribution in [2.24, 2.45) is 5.73 Å². The Hall–Kier alpha value is -1.69. The number of aromatic nitrogens is 1. The van der Waals surface area contributed by atoms with Crippen molar-refractivity contribution < 1.29 is 13.9 Å². The Kier molecular flexibility index (Phi) is 4.94. The van der Waals surface area contributed by atoms with E-state index in [0.29, 0.717) is 5.56 Å². The van der Waals surface area contributed by atoms with Crippen molar-refractivity contribution in [2.45, 2.75) is 25.4 Å². The highest BCUT2D eigenvalue weighted by Crippen LogP contribution is 2.34. The number of aliphatic hydroxyl groups excluding tert-OH is 1. The predicted molar refractivity (Wildman–Crippen MR) is 91.3 cm³/mol. The number of nitrogens with zero attached hydrogens (tertiary/aromatic N) is 1. The maximum Gasteiger partial charge on any atom is 0.289 e. The number of benzene rings is 2. The van der Waals surface area contributed by atoms with E-state index in [1.165, 1.54) is 0 Å². The third kappa shape index (κ3) is 2.80. The highest BCUT2D eigenvalue weighted by Gasteiger charge is 2.37.